The van der Waals surface area contributed by atoms with Crippen molar-refractivity contribution < 1.29 is 15.3 Å². The molecule has 308 valence electrons. The van der Waals surface area contributed by atoms with E-state index in [1.54, 1.807) is 12.1 Å². The second kappa shape index (κ2) is 18.1. The fourth-order valence-corrected chi connectivity index (χ4v) is 8.29. The predicted octanol–water partition coefficient (Wildman–Crippen LogP) is 15.2. The number of nitrogens with zero attached hydrogens (tertiary/aromatic N) is 1. The first-order chi connectivity index (χ1) is 30.9. The smallest absolute Gasteiger partial charge is 0.121 e. The van der Waals surface area contributed by atoms with E-state index in [1.807, 2.05) is 18.2 Å². The number of aryl methyl sites for hydroxylation is 2. The zero-order valence-electron chi connectivity index (χ0n) is 35.5. The molecule has 0 unspecified atom stereocenters. The molecule has 0 bridgehead atoms. The van der Waals surface area contributed by atoms with E-state index in [0.29, 0.717) is 11.3 Å². The Morgan fingerprint density at radius 2 is 0.556 bits per heavy atom. The van der Waals surface area contributed by atoms with Gasteiger partial charge < -0.3 is 20.2 Å². The standard InChI is InChI=1S/C59H49NO3/c1-3-40-5-7-42(8-6-40)43-9-11-44(12-10-43)47-21-29-55(30-22-47)60(56-31-23-48(24-32-56)45-13-17-50(18-14-45)52-27-35-58(62)41(4-2)37-52)57-33-25-49(26-34-57)46-15-19-51(20-16-46)53-28-36-59(63)54(38-53)39-61/h5-38,61-63H,3-4,39H2,1-2H3. The largest absolute Gasteiger partial charge is 0.508 e. The van der Waals surface area contributed by atoms with E-state index in [-0.39, 0.29) is 12.4 Å². The summed E-state index contributed by atoms with van der Waals surface area (Å²) in [7, 11) is 0. The van der Waals surface area contributed by atoms with Gasteiger partial charge in [-0.2, -0.15) is 0 Å². The summed E-state index contributed by atoms with van der Waals surface area (Å²) in [6.45, 7) is 4.03. The van der Waals surface area contributed by atoms with Crippen LogP contribution in [0.1, 0.15) is 30.5 Å². The molecule has 3 N–H and O–H groups in total. The van der Waals surface area contributed by atoms with Gasteiger partial charge in [0.05, 0.1) is 6.61 Å². The highest BCUT2D eigenvalue weighted by Crippen LogP contribution is 2.39. The second-order valence-electron chi connectivity index (χ2n) is 16.0. The Morgan fingerprint density at radius 3 is 0.857 bits per heavy atom. The van der Waals surface area contributed by atoms with Gasteiger partial charge >= 0.3 is 0 Å². The summed E-state index contributed by atoms with van der Waals surface area (Å²) in [5.74, 6) is 0.440. The molecule has 0 atom stereocenters. The number of hydrogen-bond donors (Lipinski definition) is 3. The van der Waals surface area contributed by atoms with Gasteiger partial charge in [0.15, 0.2) is 0 Å². The lowest BCUT2D eigenvalue weighted by molar-refractivity contribution is 0.275. The van der Waals surface area contributed by atoms with Crippen LogP contribution in [0.5, 0.6) is 11.5 Å². The number of hydrogen-bond acceptors (Lipinski definition) is 4. The molecule has 0 fully saturated rings. The molecule has 0 saturated heterocycles. The molecule has 0 aliphatic carbocycles. The maximum absolute atomic E-state index is 10.2. The monoisotopic (exact) mass is 819 g/mol. The van der Waals surface area contributed by atoms with Gasteiger partial charge in [-0.15, -0.1) is 0 Å². The van der Waals surface area contributed by atoms with Gasteiger partial charge in [-0.1, -0.05) is 159 Å². The quantitative estimate of drug-likeness (QED) is 0.115. The van der Waals surface area contributed by atoms with Crippen LogP contribution in [0.2, 0.25) is 0 Å². The van der Waals surface area contributed by atoms with Crippen molar-refractivity contribution in [3.05, 3.63) is 223 Å². The molecule has 4 heteroatoms. The third-order valence-electron chi connectivity index (χ3n) is 12.1. The maximum Gasteiger partial charge on any atom is 0.121 e. The molecule has 0 heterocycles. The molecule has 0 saturated carbocycles. The molecule has 9 aromatic carbocycles. The number of aliphatic hydroxyl groups excluding tert-OH is 1. The van der Waals surface area contributed by atoms with E-state index < -0.39 is 0 Å². The van der Waals surface area contributed by atoms with E-state index in [0.717, 1.165) is 85.5 Å². The highest BCUT2D eigenvalue weighted by Gasteiger charge is 2.15. The number of aliphatic hydroxyl groups is 1. The van der Waals surface area contributed by atoms with E-state index in [1.165, 1.54) is 22.3 Å². The van der Waals surface area contributed by atoms with Gasteiger partial charge in [0, 0.05) is 22.6 Å². The fraction of sp³-hybridized carbons (Fsp3) is 0.0847. The summed E-state index contributed by atoms with van der Waals surface area (Å²) >= 11 is 0. The molecule has 0 aromatic heterocycles. The van der Waals surface area contributed by atoms with Crippen LogP contribution in [0, 0.1) is 0 Å². The van der Waals surface area contributed by atoms with E-state index >= 15 is 0 Å². The third-order valence-corrected chi connectivity index (χ3v) is 12.1. The molecule has 9 rings (SSSR count). The Kier molecular flexibility index (Phi) is 11.7. The topological polar surface area (TPSA) is 63.9 Å². The predicted molar refractivity (Wildman–Crippen MR) is 262 cm³/mol. The highest BCUT2D eigenvalue weighted by molar-refractivity contribution is 5.82. The number of phenolic OH excluding ortho intramolecular Hbond substituents is 1. The number of benzene rings is 9. The second-order valence-corrected chi connectivity index (χ2v) is 16.0. The van der Waals surface area contributed by atoms with Crippen molar-refractivity contribution in [1.82, 2.24) is 0 Å². The molecule has 4 nitrogen and oxygen atoms in total. The van der Waals surface area contributed by atoms with E-state index in [4.69, 9.17) is 0 Å². The lowest BCUT2D eigenvalue weighted by atomic mass is 9.98. The molecule has 0 aliphatic heterocycles. The van der Waals surface area contributed by atoms with Crippen molar-refractivity contribution in [3.8, 4) is 78.3 Å². The lowest BCUT2D eigenvalue weighted by Gasteiger charge is -2.26. The van der Waals surface area contributed by atoms with Crippen LogP contribution in [-0.2, 0) is 19.4 Å². The average Bonchev–Trinajstić information content (AvgIpc) is 3.35. The van der Waals surface area contributed by atoms with Crippen LogP contribution in [0.15, 0.2) is 206 Å². The van der Waals surface area contributed by atoms with Gasteiger partial charge in [0.25, 0.3) is 0 Å². The zero-order valence-corrected chi connectivity index (χ0v) is 35.5. The Morgan fingerprint density at radius 1 is 0.302 bits per heavy atom. The molecular formula is C59H49NO3. The van der Waals surface area contributed by atoms with E-state index in [2.05, 4.69) is 195 Å². The van der Waals surface area contributed by atoms with Crippen LogP contribution < -0.4 is 4.90 Å². The number of rotatable bonds is 12. The normalized spacial score (nSPS) is 11.1. The first-order valence-electron chi connectivity index (χ1n) is 21.6. The average molecular weight is 820 g/mol. The van der Waals surface area contributed by atoms with Crippen molar-refractivity contribution in [2.24, 2.45) is 0 Å². The molecule has 63 heavy (non-hydrogen) atoms. The summed E-state index contributed by atoms with van der Waals surface area (Å²) in [6, 6.07) is 72.0. The molecule has 9 aromatic rings. The van der Waals surface area contributed by atoms with Crippen LogP contribution in [-0.4, -0.2) is 15.3 Å². The Labute approximate surface area is 370 Å². The summed E-state index contributed by atoms with van der Waals surface area (Å²) in [5, 5.41) is 29.9. The minimum Gasteiger partial charge on any atom is -0.508 e. The first-order valence-corrected chi connectivity index (χ1v) is 21.6. The zero-order chi connectivity index (χ0) is 43.3. The summed E-state index contributed by atoms with van der Waals surface area (Å²) < 4.78 is 0. The lowest BCUT2D eigenvalue weighted by Crippen LogP contribution is -2.09. The molecule has 0 amide bonds. The Balaban J connectivity index is 1.00. The van der Waals surface area contributed by atoms with Crippen LogP contribution in [0.4, 0.5) is 17.1 Å². The van der Waals surface area contributed by atoms with Gasteiger partial charge in [-0.25, -0.2) is 0 Å². The van der Waals surface area contributed by atoms with Gasteiger partial charge in [0.1, 0.15) is 11.5 Å². The van der Waals surface area contributed by atoms with Crippen LogP contribution in [0.3, 0.4) is 0 Å². The van der Waals surface area contributed by atoms with Gasteiger partial charge in [0.2, 0.25) is 0 Å². The van der Waals surface area contributed by atoms with Crippen molar-refractivity contribution in [2.45, 2.75) is 33.3 Å². The molecule has 0 radical (unpaired) electrons. The summed E-state index contributed by atoms with van der Waals surface area (Å²) in [4.78, 5) is 2.30. The summed E-state index contributed by atoms with van der Waals surface area (Å²) in [5.41, 5.74) is 19.3. The molecule has 0 aliphatic rings. The minimum atomic E-state index is -0.213. The van der Waals surface area contributed by atoms with Crippen molar-refractivity contribution in [3.63, 3.8) is 0 Å². The van der Waals surface area contributed by atoms with Crippen LogP contribution in [0.25, 0.3) is 66.8 Å². The van der Waals surface area contributed by atoms with Crippen LogP contribution >= 0.6 is 0 Å². The molecule has 0 spiro atoms. The van der Waals surface area contributed by atoms with E-state index in [9.17, 15) is 15.3 Å². The van der Waals surface area contributed by atoms with Crippen molar-refractivity contribution in [1.29, 1.82) is 0 Å². The third kappa shape index (κ3) is 8.76. The highest BCUT2D eigenvalue weighted by atomic mass is 16.3. The minimum absolute atomic E-state index is 0.0981. The van der Waals surface area contributed by atoms with Gasteiger partial charge in [-0.05, 0) is 151 Å². The molecular weight excluding hydrogens is 771 g/mol. The number of phenols is 2. The van der Waals surface area contributed by atoms with Gasteiger partial charge in [-0.3, -0.25) is 0 Å². The Hall–Kier alpha value is -7.66. The maximum atomic E-state index is 10.2. The number of aromatic hydroxyl groups is 2. The van der Waals surface area contributed by atoms with Crippen molar-refractivity contribution >= 4 is 17.1 Å². The van der Waals surface area contributed by atoms with Crippen molar-refractivity contribution in [2.75, 3.05) is 4.90 Å². The SMILES string of the molecule is CCc1ccc(-c2ccc(-c3ccc(N(c4ccc(-c5ccc(-c6ccc(O)c(CC)c6)cc5)cc4)c4ccc(-c5ccc(-c6ccc(O)c(CO)c6)cc5)cc4)cc3)cc2)cc1. The summed E-state index contributed by atoms with van der Waals surface area (Å²) in [6.07, 6.45) is 1.82. The number of anilines is 3. The first kappa shape index (κ1) is 40.7. The fourth-order valence-electron chi connectivity index (χ4n) is 8.29. The Bertz CT molecular complexity index is 2810.